The second-order valence-corrected chi connectivity index (χ2v) is 2.73. The fourth-order valence-corrected chi connectivity index (χ4v) is 0.850. The second-order valence-electron chi connectivity index (χ2n) is 2.73. The van der Waals surface area contributed by atoms with Crippen molar-refractivity contribution in [3.63, 3.8) is 0 Å². The molecule has 6 heteroatoms. The summed E-state index contributed by atoms with van der Waals surface area (Å²) >= 11 is 0. The molecule has 0 bridgehead atoms. The number of nitrogens with zero attached hydrogens (tertiary/aromatic N) is 3. The summed E-state index contributed by atoms with van der Waals surface area (Å²) in [5, 5.41) is 6.50. The van der Waals surface area contributed by atoms with Crippen LogP contribution in [-0.4, -0.2) is 15.0 Å². The molecule has 0 atom stereocenters. The van der Waals surface area contributed by atoms with Gasteiger partial charge in [0.2, 0.25) is 0 Å². The first-order valence-corrected chi connectivity index (χ1v) is 3.51. The molecule has 0 unspecified atom stereocenters. The number of aromatic nitrogens is 3. The maximum Gasteiger partial charge on any atom is 0.434 e. The molecule has 0 aliphatic carbocycles. The maximum absolute atomic E-state index is 12.2. The van der Waals surface area contributed by atoms with Gasteiger partial charge in [-0.2, -0.15) is 13.2 Å². The van der Waals surface area contributed by atoms with Crippen LogP contribution in [0.2, 0.25) is 0 Å². The number of allylic oxidation sites excluding steroid dienone is 1. The Hall–Kier alpha value is -1.33. The molecule has 1 aromatic heterocycles. The van der Waals surface area contributed by atoms with E-state index in [0.717, 1.165) is 4.68 Å². The van der Waals surface area contributed by atoms with Crippen molar-refractivity contribution in [2.45, 2.75) is 19.6 Å². The van der Waals surface area contributed by atoms with Gasteiger partial charge in [0.15, 0.2) is 5.69 Å². The van der Waals surface area contributed by atoms with E-state index in [9.17, 15) is 13.2 Å². The van der Waals surface area contributed by atoms with Gasteiger partial charge in [-0.1, -0.05) is 17.4 Å². The second kappa shape index (κ2) is 3.20. The van der Waals surface area contributed by atoms with Crippen molar-refractivity contribution >= 4 is 0 Å². The number of halogens is 3. The van der Waals surface area contributed by atoms with E-state index in [1.165, 1.54) is 0 Å². The van der Waals surface area contributed by atoms with Crippen LogP contribution in [0, 0.1) is 0 Å². The van der Waals surface area contributed by atoms with Crippen molar-refractivity contribution in [2.75, 3.05) is 0 Å². The van der Waals surface area contributed by atoms with E-state index >= 15 is 0 Å². The van der Waals surface area contributed by atoms with Crippen molar-refractivity contribution in [1.82, 2.24) is 15.0 Å². The van der Waals surface area contributed by atoms with Crippen LogP contribution in [0.25, 0.3) is 0 Å². The summed E-state index contributed by atoms with van der Waals surface area (Å²) in [7, 11) is 0. The van der Waals surface area contributed by atoms with Crippen molar-refractivity contribution in [3.8, 4) is 0 Å². The zero-order chi connectivity index (χ0) is 10.1. The fourth-order valence-electron chi connectivity index (χ4n) is 0.850. The molecular formula is C7H8F3N3. The molecular weight excluding hydrogens is 183 g/mol. The van der Waals surface area contributed by atoms with Crippen molar-refractivity contribution < 1.29 is 13.2 Å². The standard InChI is InChI=1S/C7H8F3N3/c1-5(2)4-13-6(3-11-12-13)7(8,9)10/h3H,1,4H2,2H3. The van der Waals surface area contributed by atoms with Gasteiger partial charge in [0.05, 0.1) is 12.7 Å². The van der Waals surface area contributed by atoms with Gasteiger partial charge in [-0.3, -0.25) is 0 Å². The third kappa shape index (κ3) is 2.30. The molecule has 0 spiro atoms. The topological polar surface area (TPSA) is 30.7 Å². The molecule has 0 amide bonds. The van der Waals surface area contributed by atoms with Gasteiger partial charge in [-0.15, -0.1) is 5.10 Å². The predicted molar refractivity (Wildman–Crippen MR) is 39.8 cm³/mol. The summed E-state index contributed by atoms with van der Waals surface area (Å²) in [6, 6.07) is 0. The SMILES string of the molecule is C=C(C)Cn1nncc1C(F)(F)F. The summed E-state index contributed by atoms with van der Waals surface area (Å²) in [4.78, 5) is 0. The van der Waals surface area contributed by atoms with E-state index < -0.39 is 11.9 Å². The van der Waals surface area contributed by atoms with Crippen LogP contribution in [0.3, 0.4) is 0 Å². The highest BCUT2D eigenvalue weighted by Gasteiger charge is 2.35. The van der Waals surface area contributed by atoms with E-state index in [1.54, 1.807) is 6.92 Å². The Balaban J connectivity index is 2.96. The maximum atomic E-state index is 12.2. The van der Waals surface area contributed by atoms with Gasteiger partial charge < -0.3 is 0 Å². The quantitative estimate of drug-likeness (QED) is 0.668. The largest absolute Gasteiger partial charge is 0.434 e. The molecule has 0 radical (unpaired) electrons. The van der Waals surface area contributed by atoms with Gasteiger partial charge in [0, 0.05) is 0 Å². The van der Waals surface area contributed by atoms with Crippen LogP contribution in [0.4, 0.5) is 13.2 Å². The van der Waals surface area contributed by atoms with Gasteiger partial charge in [0.25, 0.3) is 0 Å². The lowest BCUT2D eigenvalue weighted by atomic mass is 10.3. The summed E-state index contributed by atoms with van der Waals surface area (Å²) in [6.07, 6.45) is -3.71. The van der Waals surface area contributed by atoms with Gasteiger partial charge in [-0.05, 0) is 6.92 Å². The molecule has 13 heavy (non-hydrogen) atoms. The zero-order valence-corrected chi connectivity index (χ0v) is 6.97. The molecule has 1 rings (SSSR count). The Morgan fingerprint density at radius 3 is 2.69 bits per heavy atom. The molecule has 1 heterocycles. The summed E-state index contributed by atoms with van der Waals surface area (Å²) in [5.74, 6) is 0. The van der Waals surface area contributed by atoms with Crippen LogP contribution in [0.5, 0.6) is 0 Å². The first-order chi connectivity index (χ1) is 5.91. The average molecular weight is 191 g/mol. The Labute approximate surface area is 72.9 Å². The third-order valence-corrected chi connectivity index (χ3v) is 1.33. The zero-order valence-electron chi connectivity index (χ0n) is 6.97. The molecule has 0 N–H and O–H groups in total. The van der Waals surface area contributed by atoms with Crippen LogP contribution in [-0.2, 0) is 12.7 Å². The number of rotatable bonds is 2. The van der Waals surface area contributed by atoms with Crippen molar-refractivity contribution in [1.29, 1.82) is 0 Å². The monoisotopic (exact) mass is 191 g/mol. The van der Waals surface area contributed by atoms with Gasteiger partial charge >= 0.3 is 6.18 Å². The lowest BCUT2D eigenvalue weighted by molar-refractivity contribution is -0.144. The number of hydrogen-bond donors (Lipinski definition) is 0. The van der Waals surface area contributed by atoms with Crippen molar-refractivity contribution in [3.05, 3.63) is 24.0 Å². The molecule has 3 nitrogen and oxygen atoms in total. The highest BCUT2D eigenvalue weighted by Crippen LogP contribution is 2.28. The first kappa shape index (κ1) is 9.76. The number of hydrogen-bond acceptors (Lipinski definition) is 2. The van der Waals surface area contributed by atoms with E-state index in [2.05, 4.69) is 16.9 Å². The minimum absolute atomic E-state index is 0.0366. The molecule has 0 saturated heterocycles. The lowest BCUT2D eigenvalue weighted by Gasteiger charge is -2.07. The molecule has 0 aliphatic heterocycles. The van der Waals surface area contributed by atoms with Crippen LogP contribution in [0.15, 0.2) is 18.3 Å². The lowest BCUT2D eigenvalue weighted by Crippen LogP contribution is -2.15. The third-order valence-electron chi connectivity index (χ3n) is 1.33. The molecule has 0 aliphatic rings. The van der Waals surface area contributed by atoms with Crippen LogP contribution in [0.1, 0.15) is 12.6 Å². The van der Waals surface area contributed by atoms with E-state index in [0.29, 0.717) is 11.8 Å². The summed E-state index contributed by atoms with van der Waals surface area (Å²) in [5.41, 5.74) is -0.258. The van der Waals surface area contributed by atoms with E-state index in [-0.39, 0.29) is 6.54 Å². The molecule has 0 fully saturated rings. The van der Waals surface area contributed by atoms with Crippen molar-refractivity contribution in [2.24, 2.45) is 0 Å². The first-order valence-electron chi connectivity index (χ1n) is 3.51. The highest BCUT2D eigenvalue weighted by molar-refractivity contribution is 5.02. The Bertz CT molecular complexity index is 313. The normalized spacial score (nSPS) is 11.7. The minimum Gasteiger partial charge on any atom is -0.236 e. The summed E-state index contributed by atoms with van der Waals surface area (Å²) < 4.78 is 37.4. The smallest absolute Gasteiger partial charge is 0.236 e. The minimum atomic E-state index is -4.40. The highest BCUT2D eigenvalue weighted by atomic mass is 19.4. The molecule has 0 aromatic carbocycles. The van der Waals surface area contributed by atoms with Crippen LogP contribution < -0.4 is 0 Å². The fraction of sp³-hybridized carbons (Fsp3) is 0.429. The average Bonchev–Trinajstić information content (AvgIpc) is 2.31. The summed E-state index contributed by atoms with van der Waals surface area (Å²) in [6.45, 7) is 5.16. The molecule has 0 saturated carbocycles. The van der Waals surface area contributed by atoms with Gasteiger partial charge in [0.1, 0.15) is 0 Å². The van der Waals surface area contributed by atoms with E-state index in [1.807, 2.05) is 0 Å². The van der Waals surface area contributed by atoms with Gasteiger partial charge in [-0.25, -0.2) is 4.68 Å². The van der Waals surface area contributed by atoms with E-state index in [4.69, 9.17) is 0 Å². The number of alkyl halides is 3. The predicted octanol–water partition coefficient (Wildman–Crippen LogP) is 1.87. The Morgan fingerprint density at radius 2 is 2.23 bits per heavy atom. The Kier molecular flexibility index (Phi) is 2.40. The Morgan fingerprint density at radius 1 is 1.62 bits per heavy atom. The van der Waals surface area contributed by atoms with Crippen LogP contribution >= 0.6 is 0 Å². The molecule has 1 aromatic rings. The molecule has 72 valence electrons.